The molecule has 2 aromatic carbocycles. The average Bonchev–Trinajstić information content (AvgIpc) is 3.17. The van der Waals surface area contributed by atoms with Crippen LogP contribution < -0.4 is 30.4 Å². The van der Waals surface area contributed by atoms with E-state index in [1.54, 1.807) is 13.8 Å². The van der Waals surface area contributed by atoms with E-state index in [2.05, 4.69) is 20.9 Å². The van der Waals surface area contributed by atoms with E-state index in [9.17, 15) is 13.2 Å². The predicted molar refractivity (Wildman–Crippen MR) is 115 cm³/mol. The molecule has 1 aliphatic rings. The van der Waals surface area contributed by atoms with Crippen LogP contribution in [0.4, 0.5) is 0 Å². The lowest BCUT2D eigenvalue weighted by Crippen LogP contribution is -2.46. The first-order valence-corrected chi connectivity index (χ1v) is 11.0. The first-order chi connectivity index (χ1) is 14.2. The van der Waals surface area contributed by atoms with Crippen LogP contribution in [-0.2, 0) is 16.6 Å². The highest BCUT2D eigenvalue weighted by atomic mass is 32.2. The second kappa shape index (κ2) is 9.28. The minimum atomic E-state index is -3.61. The molecular formula is C19H22N4O5S2. The highest BCUT2D eigenvalue weighted by Gasteiger charge is 2.16. The van der Waals surface area contributed by atoms with Gasteiger partial charge in [-0.15, -0.1) is 0 Å². The van der Waals surface area contributed by atoms with Gasteiger partial charge in [0.05, 0.1) is 4.90 Å². The number of hydrazine groups is 1. The van der Waals surface area contributed by atoms with Gasteiger partial charge < -0.3 is 14.8 Å². The molecule has 0 unspecified atom stereocenters. The van der Waals surface area contributed by atoms with Crippen LogP contribution in [0.15, 0.2) is 47.4 Å². The zero-order chi connectivity index (χ0) is 21.7. The summed E-state index contributed by atoms with van der Waals surface area (Å²) in [7, 11) is -3.61. The summed E-state index contributed by atoms with van der Waals surface area (Å²) in [6.07, 6.45) is 0. The zero-order valence-corrected chi connectivity index (χ0v) is 18.0. The summed E-state index contributed by atoms with van der Waals surface area (Å²) in [4.78, 5) is 12.3. The van der Waals surface area contributed by atoms with Crippen LogP contribution in [0.3, 0.4) is 0 Å². The quantitative estimate of drug-likeness (QED) is 0.386. The Morgan fingerprint density at radius 3 is 2.47 bits per heavy atom. The van der Waals surface area contributed by atoms with Crippen molar-refractivity contribution in [3.05, 3.63) is 53.6 Å². The van der Waals surface area contributed by atoms with Gasteiger partial charge >= 0.3 is 0 Å². The molecule has 30 heavy (non-hydrogen) atoms. The van der Waals surface area contributed by atoms with Crippen molar-refractivity contribution in [3.8, 4) is 11.5 Å². The highest BCUT2D eigenvalue weighted by Crippen LogP contribution is 2.32. The molecule has 0 aromatic heterocycles. The second-order valence-corrected chi connectivity index (χ2v) is 8.87. The average molecular weight is 451 g/mol. The van der Waals surface area contributed by atoms with E-state index in [4.69, 9.17) is 21.7 Å². The molecule has 0 bridgehead atoms. The standard InChI is InChI=1S/C19H22N4O5S2/c1-12(2)23-30(25,26)15-6-4-14(5-7-15)18(24)21-22-19(29)20-10-13-3-8-16-17(9-13)28-11-27-16/h3-9,12,23H,10-11H2,1-2H3,(H,21,24)(H2,20,22,29). The van der Waals surface area contributed by atoms with Gasteiger partial charge in [0.2, 0.25) is 16.8 Å². The largest absolute Gasteiger partial charge is 0.454 e. The molecule has 0 saturated carbocycles. The number of nitrogens with one attached hydrogen (secondary N) is 4. The molecule has 11 heteroatoms. The summed E-state index contributed by atoms with van der Waals surface area (Å²) in [5.74, 6) is 0.920. The van der Waals surface area contributed by atoms with Gasteiger partial charge in [0.15, 0.2) is 16.6 Å². The van der Waals surface area contributed by atoms with Gasteiger partial charge in [0, 0.05) is 18.2 Å². The Kier molecular flexibility index (Phi) is 6.75. The van der Waals surface area contributed by atoms with Crippen LogP contribution in [0.2, 0.25) is 0 Å². The van der Waals surface area contributed by atoms with Crippen molar-refractivity contribution in [3.63, 3.8) is 0 Å². The number of benzene rings is 2. The Hall–Kier alpha value is -2.89. The lowest BCUT2D eigenvalue weighted by Gasteiger charge is -2.12. The minimum absolute atomic E-state index is 0.0848. The molecule has 3 rings (SSSR count). The van der Waals surface area contributed by atoms with Crippen LogP contribution in [-0.4, -0.2) is 32.3 Å². The van der Waals surface area contributed by atoms with Crippen LogP contribution in [0.5, 0.6) is 11.5 Å². The summed E-state index contributed by atoms with van der Waals surface area (Å²) < 4.78 is 37.3. The molecule has 0 spiro atoms. The van der Waals surface area contributed by atoms with Gasteiger partial charge in [-0.1, -0.05) is 6.07 Å². The molecule has 1 amide bonds. The van der Waals surface area contributed by atoms with Gasteiger partial charge in [-0.3, -0.25) is 15.6 Å². The third-order valence-corrected chi connectivity index (χ3v) is 5.92. The topological polar surface area (TPSA) is 118 Å². The molecule has 1 heterocycles. The Morgan fingerprint density at radius 1 is 1.07 bits per heavy atom. The monoisotopic (exact) mass is 450 g/mol. The molecule has 4 N–H and O–H groups in total. The number of rotatable bonds is 6. The summed E-state index contributed by atoms with van der Waals surface area (Å²) in [5, 5.41) is 3.19. The molecule has 160 valence electrons. The van der Waals surface area contributed by atoms with Crippen LogP contribution in [0.25, 0.3) is 0 Å². The van der Waals surface area contributed by atoms with Crippen LogP contribution >= 0.6 is 12.2 Å². The SMILES string of the molecule is CC(C)NS(=O)(=O)c1ccc(C(=O)NNC(=S)NCc2ccc3c(c2)OCO3)cc1. The van der Waals surface area contributed by atoms with Crippen molar-refractivity contribution < 1.29 is 22.7 Å². The lowest BCUT2D eigenvalue weighted by molar-refractivity contribution is 0.0943. The fraction of sp³-hybridized carbons (Fsp3) is 0.263. The number of thiocarbonyl (C=S) groups is 1. The number of hydrogen-bond acceptors (Lipinski definition) is 6. The van der Waals surface area contributed by atoms with Gasteiger partial charge in [-0.2, -0.15) is 0 Å². The van der Waals surface area contributed by atoms with Crippen molar-refractivity contribution in [1.82, 2.24) is 20.9 Å². The highest BCUT2D eigenvalue weighted by molar-refractivity contribution is 7.89. The van der Waals surface area contributed by atoms with Crippen molar-refractivity contribution in [2.24, 2.45) is 0 Å². The third kappa shape index (κ3) is 5.59. The zero-order valence-electron chi connectivity index (χ0n) is 16.4. The molecule has 0 aliphatic carbocycles. The number of ether oxygens (including phenoxy) is 2. The molecular weight excluding hydrogens is 428 g/mol. The molecule has 0 fully saturated rings. The lowest BCUT2D eigenvalue weighted by atomic mass is 10.2. The number of amides is 1. The summed E-state index contributed by atoms with van der Waals surface area (Å²) in [5.41, 5.74) is 6.29. The van der Waals surface area contributed by atoms with E-state index >= 15 is 0 Å². The minimum Gasteiger partial charge on any atom is -0.454 e. The first-order valence-electron chi connectivity index (χ1n) is 9.10. The van der Waals surface area contributed by atoms with Crippen LogP contribution in [0, 0.1) is 0 Å². The Morgan fingerprint density at radius 2 is 1.77 bits per heavy atom. The number of carbonyl (C=O) groups is 1. The van der Waals surface area contributed by atoms with E-state index < -0.39 is 15.9 Å². The summed E-state index contributed by atoms with van der Waals surface area (Å²) in [6, 6.07) is 10.9. The van der Waals surface area contributed by atoms with E-state index in [1.165, 1.54) is 24.3 Å². The van der Waals surface area contributed by atoms with Crippen molar-refractivity contribution >= 4 is 33.3 Å². The molecule has 0 atom stereocenters. The van der Waals surface area contributed by atoms with Gasteiger partial charge in [-0.05, 0) is 68.0 Å². The fourth-order valence-electron chi connectivity index (χ4n) is 2.63. The Labute approximate surface area is 180 Å². The van der Waals surface area contributed by atoms with E-state index in [1.807, 2.05) is 18.2 Å². The number of hydrogen-bond donors (Lipinski definition) is 4. The molecule has 9 nitrogen and oxygen atoms in total. The third-order valence-electron chi connectivity index (χ3n) is 4.00. The van der Waals surface area contributed by atoms with Crippen molar-refractivity contribution in [1.29, 1.82) is 0 Å². The van der Waals surface area contributed by atoms with Crippen LogP contribution in [0.1, 0.15) is 29.8 Å². The van der Waals surface area contributed by atoms with E-state index in [-0.39, 0.29) is 28.4 Å². The molecule has 0 saturated heterocycles. The second-order valence-electron chi connectivity index (χ2n) is 6.75. The first kappa shape index (κ1) is 21.8. The summed E-state index contributed by atoms with van der Waals surface area (Å²) in [6.45, 7) is 4.09. The number of carbonyl (C=O) groups excluding carboxylic acids is 1. The Bertz CT molecular complexity index is 1040. The smallest absolute Gasteiger partial charge is 0.269 e. The fourth-order valence-corrected chi connectivity index (χ4v) is 4.00. The van der Waals surface area contributed by atoms with Gasteiger partial charge in [-0.25, -0.2) is 13.1 Å². The maximum atomic E-state index is 12.2. The number of fused-ring (bicyclic) bond motifs is 1. The van der Waals surface area contributed by atoms with Gasteiger partial charge in [0.25, 0.3) is 5.91 Å². The molecule has 2 aromatic rings. The Balaban J connectivity index is 1.48. The van der Waals surface area contributed by atoms with E-state index in [0.29, 0.717) is 18.0 Å². The van der Waals surface area contributed by atoms with Crippen molar-refractivity contribution in [2.75, 3.05) is 6.79 Å². The predicted octanol–water partition coefficient (Wildman–Crippen LogP) is 1.41. The van der Waals surface area contributed by atoms with E-state index in [0.717, 1.165) is 5.56 Å². The molecule has 0 radical (unpaired) electrons. The number of sulfonamides is 1. The summed E-state index contributed by atoms with van der Waals surface area (Å²) >= 11 is 5.15. The maximum Gasteiger partial charge on any atom is 0.269 e. The van der Waals surface area contributed by atoms with Gasteiger partial charge in [0.1, 0.15) is 0 Å². The van der Waals surface area contributed by atoms with Crippen molar-refractivity contribution in [2.45, 2.75) is 31.3 Å². The normalized spacial score (nSPS) is 12.5. The molecule has 1 aliphatic heterocycles. The maximum absolute atomic E-state index is 12.2.